The van der Waals surface area contributed by atoms with Crippen LogP contribution >= 0.6 is 0 Å². The van der Waals surface area contributed by atoms with Gasteiger partial charge in [-0.2, -0.15) is 5.57 Å². The number of rotatable bonds is 13. The summed E-state index contributed by atoms with van der Waals surface area (Å²) in [5.74, 6) is 0. The van der Waals surface area contributed by atoms with Gasteiger partial charge in [0.15, 0.2) is 0 Å². The van der Waals surface area contributed by atoms with E-state index in [1.54, 1.807) is 37.3 Å². The van der Waals surface area contributed by atoms with E-state index in [1.807, 2.05) is 0 Å². The number of allylic oxidation sites excluding steroid dienone is 6. The maximum atomic E-state index is 5.59. The standard InChI is InChI=1S/C21H39O3Si3.3CH3.Pt/c1-10-16-25(6,7)20-15-14-19(21(20)26(8,9)17-11-2)13-12-18-27(22-3,23-4)24-5;;;;/h10-11H,1-2,12-14,16-18H2,3-9H3;3*1H3;/q4*-1;+4. The van der Waals surface area contributed by atoms with Gasteiger partial charge < -0.3 is 35.6 Å². The van der Waals surface area contributed by atoms with Crippen molar-refractivity contribution in [3.05, 3.63) is 69.6 Å². The van der Waals surface area contributed by atoms with E-state index in [1.165, 1.54) is 0 Å². The largest absolute Gasteiger partial charge is 4.00 e. The third-order valence-electron chi connectivity index (χ3n) is 5.64. The van der Waals surface area contributed by atoms with Crippen LogP contribution in [0.1, 0.15) is 19.3 Å². The molecule has 1 aliphatic carbocycles. The SMILES string of the molecule is C=CC[Si](C)(C)C1=[C-]CC(CCC[Si](OC)(OC)OC)=C1[Si](C)(C)CC=C.[CH3-].[CH3-].[CH3-].[Pt+4]. The van der Waals surface area contributed by atoms with Crippen LogP contribution in [0.2, 0.25) is 44.3 Å². The van der Waals surface area contributed by atoms with E-state index in [4.69, 9.17) is 13.3 Å². The average Bonchev–Trinajstić information content (AvgIpc) is 3.05. The van der Waals surface area contributed by atoms with Crippen molar-refractivity contribution in [1.29, 1.82) is 0 Å². The van der Waals surface area contributed by atoms with Crippen LogP contribution in [-0.2, 0) is 34.3 Å². The van der Waals surface area contributed by atoms with Crippen molar-refractivity contribution < 1.29 is 34.3 Å². The van der Waals surface area contributed by atoms with Crippen molar-refractivity contribution in [1.82, 2.24) is 0 Å². The smallest absolute Gasteiger partial charge is 0.377 e. The Morgan fingerprint density at radius 3 is 1.74 bits per heavy atom. The topological polar surface area (TPSA) is 27.7 Å². The van der Waals surface area contributed by atoms with Gasteiger partial charge in [0.25, 0.3) is 0 Å². The van der Waals surface area contributed by atoms with Crippen LogP contribution < -0.4 is 0 Å². The van der Waals surface area contributed by atoms with Crippen LogP contribution in [0, 0.1) is 28.4 Å². The molecule has 7 heteroatoms. The molecule has 0 amide bonds. The molecule has 1 rings (SSSR count). The molecule has 0 aromatic carbocycles. The predicted octanol–water partition coefficient (Wildman–Crippen LogP) is 7.29. The minimum Gasteiger partial charge on any atom is -0.377 e. The second-order valence-electron chi connectivity index (χ2n) is 8.61. The van der Waals surface area contributed by atoms with E-state index >= 15 is 0 Å². The maximum absolute atomic E-state index is 5.59. The van der Waals surface area contributed by atoms with Gasteiger partial charge in [0, 0.05) is 35.4 Å². The van der Waals surface area contributed by atoms with Crippen LogP contribution in [0.15, 0.2) is 41.3 Å². The first-order valence-corrected chi connectivity index (χ1v) is 18.2. The second-order valence-corrected chi connectivity index (χ2v) is 21.1. The average molecular weight is 664 g/mol. The third kappa shape index (κ3) is 9.91. The van der Waals surface area contributed by atoms with Crippen LogP contribution in [0.25, 0.3) is 0 Å². The van der Waals surface area contributed by atoms with Gasteiger partial charge in [-0.1, -0.05) is 44.4 Å². The monoisotopic (exact) mass is 663 g/mol. The molecular formula is C24H48O3PtSi3. The van der Waals surface area contributed by atoms with Gasteiger partial charge in [-0.3, -0.25) is 6.08 Å². The summed E-state index contributed by atoms with van der Waals surface area (Å²) in [6, 6.07) is 3.07. The van der Waals surface area contributed by atoms with E-state index in [0.29, 0.717) is 0 Å². The Kier molecular flexibility index (Phi) is 20.8. The maximum Gasteiger partial charge on any atom is 4.00 e. The fourth-order valence-corrected chi connectivity index (χ4v) is 13.1. The van der Waals surface area contributed by atoms with Crippen molar-refractivity contribution in [2.75, 3.05) is 21.3 Å². The molecule has 0 fully saturated rings. The fraction of sp³-hybridized carbons (Fsp3) is 0.542. The van der Waals surface area contributed by atoms with Crippen molar-refractivity contribution in [2.45, 2.75) is 63.6 Å². The van der Waals surface area contributed by atoms with Gasteiger partial charge in [0.2, 0.25) is 0 Å². The molecule has 3 nitrogen and oxygen atoms in total. The molecule has 31 heavy (non-hydrogen) atoms. The minimum absolute atomic E-state index is 0. The van der Waals surface area contributed by atoms with E-state index < -0.39 is 25.0 Å². The summed E-state index contributed by atoms with van der Waals surface area (Å²) in [4.78, 5) is 0. The molecule has 0 saturated heterocycles. The normalized spacial score (nSPS) is 13.8. The van der Waals surface area contributed by atoms with Gasteiger partial charge >= 0.3 is 29.9 Å². The minimum atomic E-state index is -2.50. The Hall–Kier alpha value is 0.179. The van der Waals surface area contributed by atoms with Crippen LogP contribution in [0.3, 0.4) is 0 Å². The first kappa shape index (κ1) is 38.4. The number of hydrogen-bond donors (Lipinski definition) is 0. The molecule has 0 heterocycles. The summed E-state index contributed by atoms with van der Waals surface area (Å²) >= 11 is 0. The zero-order valence-electron chi connectivity index (χ0n) is 21.9. The quantitative estimate of drug-likeness (QED) is 0.118. The molecule has 0 bridgehead atoms. The Labute approximate surface area is 213 Å². The summed E-state index contributed by atoms with van der Waals surface area (Å²) in [5.41, 5.74) is 1.58. The third-order valence-corrected chi connectivity index (χ3v) is 15.1. The molecule has 0 spiro atoms. The van der Waals surface area contributed by atoms with Crippen LogP contribution in [0.4, 0.5) is 0 Å². The summed E-state index contributed by atoms with van der Waals surface area (Å²) in [6.45, 7) is 17.9. The molecule has 0 radical (unpaired) electrons. The van der Waals surface area contributed by atoms with Gasteiger partial charge in [-0.25, -0.2) is 10.4 Å². The first-order chi connectivity index (χ1) is 12.6. The van der Waals surface area contributed by atoms with Gasteiger partial charge in [0.05, 0.1) is 0 Å². The van der Waals surface area contributed by atoms with Crippen LogP contribution in [-0.4, -0.2) is 46.3 Å². The number of hydrogen-bond acceptors (Lipinski definition) is 3. The van der Waals surface area contributed by atoms with Crippen molar-refractivity contribution in [3.63, 3.8) is 0 Å². The second kappa shape index (κ2) is 16.7. The van der Waals surface area contributed by atoms with E-state index in [0.717, 1.165) is 37.4 Å². The fourth-order valence-electron chi connectivity index (χ4n) is 4.16. The molecule has 0 aromatic heterocycles. The molecule has 0 atom stereocenters. The Morgan fingerprint density at radius 2 is 1.32 bits per heavy atom. The molecule has 0 N–H and O–H groups in total. The van der Waals surface area contributed by atoms with Gasteiger partial charge in [0.1, 0.15) is 0 Å². The van der Waals surface area contributed by atoms with Crippen molar-refractivity contribution >= 4 is 25.0 Å². The molecule has 0 unspecified atom stereocenters. The Balaban J connectivity index is -0.000000911. The van der Waals surface area contributed by atoms with E-state index in [-0.39, 0.29) is 43.3 Å². The molecule has 1 aliphatic rings. The van der Waals surface area contributed by atoms with Gasteiger partial charge in [-0.15, -0.1) is 19.6 Å². The summed E-state index contributed by atoms with van der Waals surface area (Å²) in [6.07, 6.45) is 11.1. The molecule has 0 aliphatic heterocycles. The zero-order valence-corrected chi connectivity index (χ0v) is 27.1. The van der Waals surface area contributed by atoms with Crippen molar-refractivity contribution in [2.24, 2.45) is 0 Å². The first-order valence-electron chi connectivity index (χ1n) is 9.84. The molecule has 0 aromatic rings. The van der Waals surface area contributed by atoms with Crippen LogP contribution in [0.5, 0.6) is 0 Å². The predicted molar refractivity (Wildman–Crippen MR) is 143 cm³/mol. The summed E-state index contributed by atoms with van der Waals surface area (Å²) in [7, 11) is -0.547. The van der Waals surface area contributed by atoms with Gasteiger partial charge in [-0.05, 0) is 27.0 Å². The van der Waals surface area contributed by atoms with E-state index in [2.05, 4.69) is 57.6 Å². The molecular weight excluding hydrogens is 616 g/mol. The van der Waals surface area contributed by atoms with Crippen molar-refractivity contribution in [3.8, 4) is 0 Å². The summed E-state index contributed by atoms with van der Waals surface area (Å²) in [5, 5.41) is 3.23. The van der Waals surface area contributed by atoms with E-state index in [9.17, 15) is 0 Å². The Morgan fingerprint density at radius 1 is 0.871 bits per heavy atom. The molecule has 184 valence electrons. The Bertz CT molecular complexity index is 587. The molecule has 0 saturated carbocycles. The zero-order chi connectivity index (χ0) is 20.7. The summed E-state index contributed by atoms with van der Waals surface area (Å²) < 4.78 is 16.8.